The van der Waals surface area contributed by atoms with Gasteiger partial charge in [0.1, 0.15) is 11.9 Å². The van der Waals surface area contributed by atoms with Gasteiger partial charge < -0.3 is 10.1 Å². The van der Waals surface area contributed by atoms with Gasteiger partial charge in [0.05, 0.1) is 11.0 Å². The van der Waals surface area contributed by atoms with Gasteiger partial charge in [0.2, 0.25) is 0 Å². The standard InChI is InChI=1S/C15H19N3O3/c1-5-16-13(19)10-6-7-11-12(8-10)18(9-17-11)14(20)21-15(2,3)4/h6-9H,5H2,1-4H3,(H,16,19). The molecule has 0 aliphatic carbocycles. The summed E-state index contributed by atoms with van der Waals surface area (Å²) in [5.74, 6) is -0.184. The Balaban J connectivity index is 2.39. The van der Waals surface area contributed by atoms with Gasteiger partial charge in [-0.05, 0) is 45.9 Å². The van der Waals surface area contributed by atoms with Crippen LogP contribution in [0, 0.1) is 0 Å². The van der Waals surface area contributed by atoms with Crippen molar-refractivity contribution < 1.29 is 14.3 Å². The lowest BCUT2D eigenvalue weighted by Gasteiger charge is -2.19. The lowest BCUT2D eigenvalue weighted by Crippen LogP contribution is -2.27. The number of fused-ring (bicyclic) bond motifs is 1. The first-order chi connectivity index (χ1) is 9.81. The van der Waals surface area contributed by atoms with Gasteiger partial charge >= 0.3 is 6.09 Å². The molecule has 6 nitrogen and oxygen atoms in total. The molecule has 0 saturated heterocycles. The Bertz CT molecular complexity index is 683. The van der Waals surface area contributed by atoms with Crippen LogP contribution in [0.5, 0.6) is 0 Å². The van der Waals surface area contributed by atoms with Gasteiger partial charge in [0, 0.05) is 12.1 Å². The van der Waals surface area contributed by atoms with Gasteiger partial charge in [-0.3, -0.25) is 4.79 Å². The van der Waals surface area contributed by atoms with Crippen LogP contribution in [0.1, 0.15) is 38.1 Å². The molecule has 0 aliphatic heterocycles. The lowest BCUT2D eigenvalue weighted by molar-refractivity contribution is 0.0543. The third kappa shape index (κ3) is 3.39. The molecule has 0 spiro atoms. The van der Waals surface area contributed by atoms with Crippen molar-refractivity contribution in [2.24, 2.45) is 0 Å². The van der Waals surface area contributed by atoms with Crippen molar-refractivity contribution in [2.45, 2.75) is 33.3 Å². The highest BCUT2D eigenvalue weighted by Gasteiger charge is 2.20. The van der Waals surface area contributed by atoms with Crippen LogP contribution < -0.4 is 5.32 Å². The monoisotopic (exact) mass is 289 g/mol. The zero-order valence-electron chi connectivity index (χ0n) is 12.6. The molecule has 0 atom stereocenters. The van der Waals surface area contributed by atoms with Gasteiger partial charge in [0.25, 0.3) is 5.91 Å². The van der Waals surface area contributed by atoms with Crippen LogP contribution in [0.4, 0.5) is 4.79 Å². The average Bonchev–Trinajstić information content (AvgIpc) is 2.79. The average molecular weight is 289 g/mol. The number of hydrogen-bond donors (Lipinski definition) is 1. The molecule has 1 aromatic heterocycles. The molecular formula is C15H19N3O3. The second-order valence-electron chi connectivity index (χ2n) is 5.66. The van der Waals surface area contributed by atoms with E-state index in [9.17, 15) is 9.59 Å². The van der Waals surface area contributed by atoms with Crippen LogP contribution in [-0.4, -0.2) is 33.7 Å². The maximum Gasteiger partial charge on any atom is 0.420 e. The van der Waals surface area contributed by atoms with Crippen molar-refractivity contribution in [1.29, 1.82) is 0 Å². The summed E-state index contributed by atoms with van der Waals surface area (Å²) in [4.78, 5) is 28.2. The quantitative estimate of drug-likeness (QED) is 0.922. The summed E-state index contributed by atoms with van der Waals surface area (Å²) in [6.07, 6.45) is 0.887. The molecule has 2 rings (SSSR count). The fourth-order valence-electron chi connectivity index (χ4n) is 1.87. The maximum atomic E-state index is 12.1. The summed E-state index contributed by atoms with van der Waals surface area (Å²) in [6, 6.07) is 5.03. The zero-order valence-corrected chi connectivity index (χ0v) is 12.6. The van der Waals surface area contributed by atoms with Crippen LogP contribution in [0.25, 0.3) is 11.0 Å². The molecule has 0 bridgehead atoms. The molecule has 112 valence electrons. The second kappa shape index (κ2) is 5.55. The van der Waals surface area contributed by atoms with E-state index < -0.39 is 11.7 Å². The highest BCUT2D eigenvalue weighted by Crippen LogP contribution is 2.17. The van der Waals surface area contributed by atoms with Crippen molar-refractivity contribution in [3.8, 4) is 0 Å². The first kappa shape index (κ1) is 15.0. The second-order valence-corrected chi connectivity index (χ2v) is 5.66. The number of amides is 1. The van der Waals surface area contributed by atoms with Crippen molar-refractivity contribution in [1.82, 2.24) is 14.9 Å². The van der Waals surface area contributed by atoms with Crippen LogP contribution in [0.2, 0.25) is 0 Å². The molecular weight excluding hydrogens is 270 g/mol. The normalized spacial score (nSPS) is 11.4. The van der Waals surface area contributed by atoms with Gasteiger partial charge in [-0.15, -0.1) is 0 Å². The Hall–Kier alpha value is -2.37. The number of hydrogen-bond acceptors (Lipinski definition) is 4. The van der Waals surface area contributed by atoms with E-state index in [0.717, 1.165) is 0 Å². The van der Waals surface area contributed by atoms with E-state index in [1.807, 2.05) is 6.92 Å². The number of benzene rings is 1. The topological polar surface area (TPSA) is 73.2 Å². The first-order valence-electron chi connectivity index (χ1n) is 6.80. The highest BCUT2D eigenvalue weighted by molar-refractivity contribution is 5.98. The summed E-state index contributed by atoms with van der Waals surface area (Å²) in [5.41, 5.74) is 1.07. The predicted octanol–water partition coefficient (Wildman–Crippen LogP) is 2.57. The fourth-order valence-corrected chi connectivity index (χ4v) is 1.87. The van der Waals surface area contributed by atoms with E-state index >= 15 is 0 Å². The molecule has 1 amide bonds. The predicted molar refractivity (Wildman–Crippen MR) is 79.4 cm³/mol. The molecule has 0 radical (unpaired) electrons. The molecule has 21 heavy (non-hydrogen) atoms. The molecule has 0 saturated carbocycles. The largest absolute Gasteiger partial charge is 0.443 e. The minimum Gasteiger partial charge on any atom is -0.443 e. The number of carbonyl (C=O) groups excluding carboxylic acids is 2. The third-order valence-electron chi connectivity index (χ3n) is 2.74. The van der Waals surface area contributed by atoms with Crippen LogP contribution >= 0.6 is 0 Å². The van der Waals surface area contributed by atoms with Gasteiger partial charge in [-0.1, -0.05) is 0 Å². The van der Waals surface area contributed by atoms with Crippen LogP contribution in [-0.2, 0) is 4.74 Å². The smallest absolute Gasteiger partial charge is 0.420 e. The number of rotatable bonds is 2. The fraction of sp³-hybridized carbons (Fsp3) is 0.400. The minimum absolute atomic E-state index is 0.184. The van der Waals surface area contributed by atoms with E-state index in [0.29, 0.717) is 23.1 Å². The van der Waals surface area contributed by atoms with Gasteiger partial charge in [-0.2, -0.15) is 0 Å². The van der Waals surface area contributed by atoms with Gasteiger partial charge in [-0.25, -0.2) is 14.3 Å². The molecule has 1 heterocycles. The Morgan fingerprint density at radius 2 is 2.05 bits per heavy atom. The number of carbonyl (C=O) groups is 2. The molecule has 0 aliphatic rings. The lowest BCUT2D eigenvalue weighted by atomic mass is 10.2. The summed E-state index contributed by atoms with van der Waals surface area (Å²) < 4.78 is 6.63. The Labute approximate surface area is 123 Å². The maximum absolute atomic E-state index is 12.1. The van der Waals surface area contributed by atoms with Gasteiger partial charge in [0.15, 0.2) is 0 Å². The molecule has 1 aromatic carbocycles. The minimum atomic E-state index is -0.592. The molecule has 2 aromatic rings. The number of nitrogens with one attached hydrogen (secondary N) is 1. The number of aromatic nitrogens is 2. The van der Waals surface area contributed by atoms with E-state index in [2.05, 4.69) is 10.3 Å². The summed E-state index contributed by atoms with van der Waals surface area (Å²) in [5, 5.41) is 2.72. The zero-order chi connectivity index (χ0) is 15.6. The summed E-state index contributed by atoms with van der Waals surface area (Å²) in [6.45, 7) is 7.78. The van der Waals surface area contributed by atoms with Crippen molar-refractivity contribution in [3.63, 3.8) is 0 Å². The summed E-state index contributed by atoms with van der Waals surface area (Å²) >= 11 is 0. The molecule has 6 heteroatoms. The van der Waals surface area contributed by atoms with Crippen molar-refractivity contribution >= 4 is 23.0 Å². The van der Waals surface area contributed by atoms with Crippen molar-refractivity contribution in [2.75, 3.05) is 6.54 Å². The molecule has 0 unspecified atom stereocenters. The SMILES string of the molecule is CCNC(=O)c1ccc2ncn(C(=O)OC(C)(C)C)c2c1. The van der Waals surface area contributed by atoms with E-state index in [4.69, 9.17) is 4.74 Å². The van der Waals surface area contributed by atoms with E-state index in [1.165, 1.54) is 10.9 Å². The van der Waals surface area contributed by atoms with E-state index in [1.54, 1.807) is 39.0 Å². The molecule has 1 N–H and O–H groups in total. The Kier molecular flexibility index (Phi) is 3.97. The molecule has 0 fully saturated rings. The number of ether oxygens (including phenoxy) is 1. The number of imidazole rings is 1. The third-order valence-corrected chi connectivity index (χ3v) is 2.74. The highest BCUT2D eigenvalue weighted by atomic mass is 16.6. The summed E-state index contributed by atoms with van der Waals surface area (Å²) in [7, 11) is 0. The Morgan fingerprint density at radius 1 is 1.33 bits per heavy atom. The first-order valence-corrected chi connectivity index (χ1v) is 6.80. The van der Waals surface area contributed by atoms with Crippen LogP contribution in [0.15, 0.2) is 24.5 Å². The Morgan fingerprint density at radius 3 is 2.67 bits per heavy atom. The number of nitrogens with zero attached hydrogens (tertiary/aromatic N) is 2. The van der Waals surface area contributed by atoms with Crippen LogP contribution in [0.3, 0.4) is 0 Å². The van der Waals surface area contributed by atoms with E-state index in [-0.39, 0.29) is 5.91 Å². The van der Waals surface area contributed by atoms with Crippen molar-refractivity contribution in [3.05, 3.63) is 30.1 Å².